The summed E-state index contributed by atoms with van der Waals surface area (Å²) in [5.41, 5.74) is 1.21. The molecule has 1 aromatic carbocycles. The van der Waals surface area contributed by atoms with Crippen LogP contribution in [0.4, 0.5) is 0 Å². The molecule has 0 aliphatic carbocycles. The molecule has 1 aromatic rings. The van der Waals surface area contributed by atoms with E-state index < -0.39 is 0 Å². The van der Waals surface area contributed by atoms with Gasteiger partial charge in [0.15, 0.2) is 0 Å². The minimum absolute atomic E-state index is 0.255. The van der Waals surface area contributed by atoms with Crippen molar-refractivity contribution in [2.24, 2.45) is 0 Å². The molecule has 2 unspecified atom stereocenters. The molecular formula is C15H21ClN2O. The number of nitrogens with one attached hydrogen (secondary N) is 1. The van der Waals surface area contributed by atoms with E-state index in [0.717, 1.165) is 24.5 Å². The van der Waals surface area contributed by atoms with Crippen molar-refractivity contribution in [3.63, 3.8) is 0 Å². The first-order chi connectivity index (χ1) is 9.06. The van der Waals surface area contributed by atoms with E-state index in [-0.39, 0.29) is 18.0 Å². The van der Waals surface area contributed by atoms with Crippen LogP contribution in [0.5, 0.6) is 0 Å². The summed E-state index contributed by atoms with van der Waals surface area (Å²) in [4.78, 5) is 13.5. The van der Waals surface area contributed by atoms with Gasteiger partial charge in [-0.25, -0.2) is 0 Å². The quantitative estimate of drug-likeness (QED) is 0.899. The molecule has 1 N–H and O–H groups in total. The summed E-state index contributed by atoms with van der Waals surface area (Å²) in [7, 11) is 0. The molecule has 0 radical (unpaired) electrons. The van der Waals surface area contributed by atoms with Gasteiger partial charge in [0.2, 0.25) is 5.91 Å². The van der Waals surface area contributed by atoms with E-state index in [0.29, 0.717) is 6.42 Å². The Hall–Kier alpha value is -1.06. The lowest BCUT2D eigenvalue weighted by Gasteiger charge is -2.25. The van der Waals surface area contributed by atoms with Gasteiger partial charge in [0.25, 0.3) is 0 Å². The Bertz CT molecular complexity index is 432. The molecule has 0 spiro atoms. The highest BCUT2D eigenvalue weighted by molar-refractivity contribution is 6.30. The lowest BCUT2D eigenvalue weighted by molar-refractivity contribution is -0.127. The third kappa shape index (κ3) is 3.95. The Kier molecular flexibility index (Phi) is 4.83. The summed E-state index contributed by atoms with van der Waals surface area (Å²) >= 11 is 5.89. The van der Waals surface area contributed by atoms with Gasteiger partial charge >= 0.3 is 0 Å². The first-order valence-corrected chi connectivity index (χ1v) is 7.23. The van der Waals surface area contributed by atoms with E-state index in [2.05, 4.69) is 19.2 Å². The molecular weight excluding hydrogens is 260 g/mol. The highest BCUT2D eigenvalue weighted by Crippen LogP contribution is 2.17. The largest absolute Gasteiger partial charge is 0.341 e. The molecule has 2 atom stereocenters. The first kappa shape index (κ1) is 14.4. The third-order valence-corrected chi connectivity index (χ3v) is 3.82. The summed E-state index contributed by atoms with van der Waals surface area (Å²) in [5.74, 6) is 0.285. The lowest BCUT2D eigenvalue weighted by atomic mass is 10.1. The van der Waals surface area contributed by atoms with Gasteiger partial charge in [-0.15, -0.1) is 0 Å². The average Bonchev–Trinajstić information content (AvgIpc) is 2.75. The van der Waals surface area contributed by atoms with E-state index in [9.17, 15) is 4.79 Å². The van der Waals surface area contributed by atoms with Crippen LogP contribution in [-0.4, -0.2) is 29.9 Å². The van der Waals surface area contributed by atoms with Crippen molar-refractivity contribution in [2.45, 2.75) is 38.8 Å². The number of halogens is 1. The van der Waals surface area contributed by atoms with Gasteiger partial charge < -0.3 is 10.2 Å². The zero-order chi connectivity index (χ0) is 13.8. The second-order valence-corrected chi connectivity index (χ2v) is 5.72. The maximum Gasteiger partial charge on any atom is 0.222 e. The van der Waals surface area contributed by atoms with Crippen LogP contribution in [0.2, 0.25) is 5.02 Å². The minimum atomic E-state index is 0.255. The number of likely N-dealkylation sites (tertiary alicyclic amines) is 1. The van der Waals surface area contributed by atoms with Crippen molar-refractivity contribution in [3.8, 4) is 0 Å². The number of benzene rings is 1. The summed E-state index contributed by atoms with van der Waals surface area (Å²) in [6, 6.07) is 8.42. The van der Waals surface area contributed by atoms with Crippen molar-refractivity contribution in [1.29, 1.82) is 0 Å². The standard InChI is InChI=1S/C15H21ClN2O/c1-11(10-18-9-3-4-15(18)19)17-12(2)13-5-7-14(16)8-6-13/h5-8,11-12,17H,3-4,9-10H2,1-2H3. The van der Waals surface area contributed by atoms with Crippen LogP contribution in [0.25, 0.3) is 0 Å². The number of amides is 1. The third-order valence-electron chi connectivity index (χ3n) is 3.57. The topological polar surface area (TPSA) is 32.3 Å². The minimum Gasteiger partial charge on any atom is -0.341 e. The molecule has 1 heterocycles. The van der Waals surface area contributed by atoms with E-state index >= 15 is 0 Å². The van der Waals surface area contributed by atoms with Gasteiger partial charge in [-0.05, 0) is 38.0 Å². The summed E-state index contributed by atoms with van der Waals surface area (Å²) < 4.78 is 0. The molecule has 1 amide bonds. The van der Waals surface area contributed by atoms with Crippen molar-refractivity contribution in [2.75, 3.05) is 13.1 Å². The number of carbonyl (C=O) groups is 1. The Morgan fingerprint density at radius 2 is 2.00 bits per heavy atom. The van der Waals surface area contributed by atoms with Crippen LogP contribution in [0, 0.1) is 0 Å². The van der Waals surface area contributed by atoms with Crippen LogP contribution in [0.3, 0.4) is 0 Å². The molecule has 0 aromatic heterocycles. The number of nitrogens with zero attached hydrogens (tertiary/aromatic N) is 1. The summed E-state index contributed by atoms with van der Waals surface area (Å²) in [6.07, 6.45) is 1.71. The number of rotatable bonds is 5. The van der Waals surface area contributed by atoms with Gasteiger partial charge in [0.1, 0.15) is 0 Å². The highest BCUT2D eigenvalue weighted by atomic mass is 35.5. The zero-order valence-corrected chi connectivity index (χ0v) is 12.3. The molecule has 3 nitrogen and oxygen atoms in total. The molecule has 4 heteroatoms. The van der Waals surface area contributed by atoms with Crippen LogP contribution in [0.15, 0.2) is 24.3 Å². The molecule has 1 fully saturated rings. The molecule has 1 saturated heterocycles. The fraction of sp³-hybridized carbons (Fsp3) is 0.533. The fourth-order valence-corrected chi connectivity index (χ4v) is 2.68. The molecule has 0 bridgehead atoms. The second kappa shape index (κ2) is 6.40. The fourth-order valence-electron chi connectivity index (χ4n) is 2.55. The smallest absolute Gasteiger partial charge is 0.222 e. The van der Waals surface area contributed by atoms with Crippen LogP contribution < -0.4 is 5.32 Å². The Labute approximate surface area is 119 Å². The normalized spacial score (nSPS) is 18.7. The Morgan fingerprint density at radius 1 is 1.32 bits per heavy atom. The highest BCUT2D eigenvalue weighted by Gasteiger charge is 2.22. The Morgan fingerprint density at radius 3 is 2.58 bits per heavy atom. The van der Waals surface area contributed by atoms with Gasteiger partial charge in [0, 0.05) is 36.6 Å². The van der Waals surface area contributed by atoms with Gasteiger partial charge in [-0.3, -0.25) is 4.79 Å². The van der Waals surface area contributed by atoms with Crippen molar-refractivity contribution < 1.29 is 4.79 Å². The second-order valence-electron chi connectivity index (χ2n) is 5.28. The summed E-state index contributed by atoms with van der Waals surface area (Å²) in [5, 5.41) is 4.28. The lowest BCUT2D eigenvalue weighted by Crippen LogP contribution is -2.40. The average molecular weight is 281 g/mol. The zero-order valence-electron chi connectivity index (χ0n) is 11.5. The van der Waals surface area contributed by atoms with Crippen molar-refractivity contribution in [3.05, 3.63) is 34.9 Å². The van der Waals surface area contributed by atoms with Gasteiger partial charge in [0.05, 0.1) is 0 Å². The number of hydrogen-bond acceptors (Lipinski definition) is 2. The van der Waals surface area contributed by atoms with E-state index in [1.54, 1.807) is 0 Å². The first-order valence-electron chi connectivity index (χ1n) is 6.85. The molecule has 2 rings (SSSR count). The van der Waals surface area contributed by atoms with Crippen LogP contribution in [-0.2, 0) is 4.79 Å². The number of carbonyl (C=O) groups excluding carboxylic acids is 1. The van der Waals surface area contributed by atoms with Crippen molar-refractivity contribution >= 4 is 17.5 Å². The van der Waals surface area contributed by atoms with Crippen molar-refractivity contribution in [1.82, 2.24) is 10.2 Å². The number of hydrogen-bond donors (Lipinski definition) is 1. The van der Waals surface area contributed by atoms with E-state index in [1.807, 2.05) is 29.2 Å². The molecule has 1 aliphatic heterocycles. The van der Waals surface area contributed by atoms with E-state index in [4.69, 9.17) is 11.6 Å². The maximum absolute atomic E-state index is 11.6. The predicted molar refractivity (Wildman–Crippen MR) is 78.3 cm³/mol. The molecule has 19 heavy (non-hydrogen) atoms. The molecule has 104 valence electrons. The molecule has 0 saturated carbocycles. The van der Waals surface area contributed by atoms with Gasteiger partial charge in [-0.2, -0.15) is 0 Å². The SMILES string of the molecule is CC(CN1CCCC1=O)NC(C)c1ccc(Cl)cc1. The molecule has 1 aliphatic rings. The maximum atomic E-state index is 11.6. The van der Waals surface area contributed by atoms with Crippen LogP contribution in [0.1, 0.15) is 38.3 Å². The van der Waals surface area contributed by atoms with E-state index in [1.165, 1.54) is 5.56 Å². The monoisotopic (exact) mass is 280 g/mol. The summed E-state index contributed by atoms with van der Waals surface area (Å²) in [6.45, 7) is 5.94. The Balaban J connectivity index is 1.85. The predicted octanol–water partition coefficient (Wildman–Crippen LogP) is 3.00. The van der Waals surface area contributed by atoms with Crippen LogP contribution >= 0.6 is 11.6 Å². The van der Waals surface area contributed by atoms with Gasteiger partial charge in [-0.1, -0.05) is 23.7 Å².